The molecule has 1 aromatic heterocycles. The highest BCUT2D eigenvalue weighted by atomic mass is 16.1. The fraction of sp³-hybridized carbons (Fsp3) is 0.667. The van der Waals surface area contributed by atoms with Crippen LogP contribution in [0.1, 0.15) is 36.9 Å². The van der Waals surface area contributed by atoms with Crippen LogP contribution in [-0.4, -0.2) is 22.6 Å². The van der Waals surface area contributed by atoms with E-state index < -0.39 is 0 Å². The van der Waals surface area contributed by atoms with Gasteiger partial charge in [-0.2, -0.15) is 4.98 Å². The zero-order valence-electron chi connectivity index (χ0n) is 9.88. The van der Waals surface area contributed by atoms with E-state index in [-0.39, 0.29) is 5.69 Å². The number of hydrogen-bond donors (Lipinski definition) is 3. The summed E-state index contributed by atoms with van der Waals surface area (Å²) in [4.78, 5) is 18.4. The molecule has 0 aromatic carbocycles. The standard InChI is InChI=1S/C12H18N4O/c17-12-15-10-7-13-6-5-9(10)11(16-12)14-8-3-1-2-4-8/h8,13H,1-7H2,(H2,14,15,16,17). The Hall–Kier alpha value is -1.36. The van der Waals surface area contributed by atoms with E-state index in [9.17, 15) is 4.79 Å². The Morgan fingerprint density at radius 1 is 1.29 bits per heavy atom. The molecule has 1 saturated carbocycles. The van der Waals surface area contributed by atoms with Crippen LogP contribution in [0.25, 0.3) is 0 Å². The van der Waals surface area contributed by atoms with Gasteiger partial charge >= 0.3 is 5.69 Å². The van der Waals surface area contributed by atoms with Crippen LogP contribution in [0.3, 0.4) is 0 Å². The van der Waals surface area contributed by atoms with Gasteiger partial charge in [-0.1, -0.05) is 12.8 Å². The molecule has 0 atom stereocenters. The highest BCUT2D eigenvalue weighted by Crippen LogP contribution is 2.24. The van der Waals surface area contributed by atoms with Crippen molar-refractivity contribution in [1.29, 1.82) is 0 Å². The third-order valence-electron chi connectivity index (χ3n) is 3.67. The second-order valence-electron chi connectivity index (χ2n) is 4.90. The zero-order chi connectivity index (χ0) is 11.7. The molecule has 2 aliphatic rings. The minimum atomic E-state index is -0.243. The van der Waals surface area contributed by atoms with Crippen LogP contribution in [-0.2, 0) is 13.0 Å². The first-order chi connectivity index (χ1) is 8.33. The number of rotatable bonds is 2. The summed E-state index contributed by atoms with van der Waals surface area (Å²) in [5, 5.41) is 6.71. The van der Waals surface area contributed by atoms with E-state index in [1.165, 1.54) is 31.2 Å². The number of aromatic nitrogens is 2. The SMILES string of the molecule is O=c1nc(NC2CCCC2)c2c([nH]1)CNCC2. The van der Waals surface area contributed by atoms with E-state index in [1.807, 2.05) is 0 Å². The van der Waals surface area contributed by atoms with Crippen molar-refractivity contribution < 1.29 is 0 Å². The Balaban J connectivity index is 1.91. The van der Waals surface area contributed by atoms with Crippen LogP contribution in [0.5, 0.6) is 0 Å². The van der Waals surface area contributed by atoms with Gasteiger partial charge in [0.1, 0.15) is 5.82 Å². The maximum Gasteiger partial charge on any atom is 0.347 e. The lowest BCUT2D eigenvalue weighted by atomic mass is 10.1. The number of nitrogens with zero attached hydrogens (tertiary/aromatic N) is 1. The lowest BCUT2D eigenvalue weighted by Crippen LogP contribution is -2.31. The van der Waals surface area contributed by atoms with E-state index in [0.29, 0.717) is 6.04 Å². The Morgan fingerprint density at radius 3 is 2.94 bits per heavy atom. The molecule has 1 aliphatic carbocycles. The molecule has 0 amide bonds. The van der Waals surface area contributed by atoms with Crippen molar-refractivity contribution in [3.05, 3.63) is 21.7 Å². The topological polar surface area (TPSA) is 69.8 Å². The molecule has 2 heterocycles. The summed E-state index contributed by atoms with van der Waals surface area (Å²) in [6.45, 7) is 1.70. The summed E-state index contributed by atoms with van der Waals surface area (Å²) in [5.41, 5.74) is 1.94. The minimum absolute atomic E-state index is 0.243. The highest BCUT2D eigenvalue weighted by Gasteiger charge is 2.20. The van der Waals surface area contributed by atoms with Gasteiger partial charge in [0.05, 0.1) is 0 Å². The molecule has 0 bridgehead atoms. The van der Waals surface area contributed by atoms with Gasteiger partial charge in [0.2, 0.25) is 0 Å². The van der Waals surface area contributed by atoms with Crippen molar-refractivity contribution in [2.75, 3.05) is 11.9 Å². The van der Waals surface area contributed by atoms with Crippen LogP contribution >= 0.6 is 0 Å². The van der Waals surface area contributed by atoms with Gasteiger partial charge in [-0.3, -0.25) is 0 Å². The fourth-order valence-electron chi connectivity index (χ4n) is 2.77. The van der Waals surface area contributed by atoms with Crippen LogP contribution in [0.4, 0.5) is 5.82 Å². The lowest BCUT2D eigenvalue weighted by Gasteiger charge is -2.21. The van der Waals surface area contributed by atoms with Crippen LogP contribution in [0.15, 0.2) is 4.79 Å². The summed E-state index contributed by atoms with van der Waals surface area (Å²) in [6.07, 6.45) is 5.90. The molecule has 92 valence electrons. The van der Waals surface area contributed by atoms with E-state index in [0.717, 1.165) is 31.0 Å². The normalized spacial score (nSPS) is 20.2. The summed E-state index contributed by atoms with van der Waals surface area (Å²) in [5.74, 6) is 0.817. The highest BCUT2D eigenvalue weighted by molar-refractivity contribution is 5.47. The van der Waals surface area contributed by atoms with Crippen LogP contribution in [0, 0.1) is 0 Å². The molecule has 5 heteroatoms. The van der Waals surface area contributed by atoms with Crippen molar-refractivity contribution in [2.24, 2.45) is 0 Å². The van der Waals surface area contributed by atoms with Crippen LogP contribution < -0.4 is 16.3 Å². The van der Waals surface area contributed by atoms with E-state index >= 15 is 0 Å². The average Bonchev–Trinajstić information content (AvgIpc) is 2.81. The molecule has 3 N–H and O–H groups in total. The first-order valence-electron chi connectivity index (χ1n) is 6.42. The van der Waals surface area contributed by atoms with Crippen molar-refractivity contribution in [1.82, 2.24) is 15.3 Å². The lowest BCUT2D eigenvalue weighted by molar-refractivity contribution is 0.618. The molecule has 0 radical (unpaired) electrons. The number of hydrogen-bond acceptors (Lipinski definition) is 4. The predicted molar refractivity (Wildman–Crippen MR) is 66.1 cm³/mol. The molecule has 17 heavy (non-hydrogen) atoms. The number of aromatic amines is 1. The van der Waals surface area contributed by atoms with Crippen molar-refractivity contribution >= 4 is 5.82 Å². The summed E-state index contributed by atoms with van der Waals surface area (Å²) >= 11 is 0. The van der Waals surface area contributed by atoms with Crippen molar-refractivity contribution in [3.8, 4) is 0 Å². The van der Waals surface area contributed by atoms with Crippen molar-refractivity contribution in [2.45, 2.75) is 44.7 Å². The Kier molecular flexibility index (Phi) is 2.84. The molecule has 5 nitrogen and oxygen atoms in total. The molecule has 1 aromatic rings. The quantitative estimate of drug-likeness (QED) is 0.707. The molecule has 1 aliphatic heterocycles. The summed E-state index contributed by atoms with van der Waals surface area (Å²) in [7, 11) is 0. The van der Waals surface area contributed by atoms with Gasteiger partial charge in [0, 0.05) is 23.8 Å². The van der Waals surface area contributed by atoms with Crippen molar-refractivity contribution in [3.63, 3.8) is 0 Å². The largest absolute Gasteiger partial charge is 0.367 e. The van der Waals surface area contributed by atoms with E-state index in [1.54, 1.807) is 0 Å². The molecular weight excluding hydrogens is 216 g/mol. The monoisotopic (exact) mass is 234 g/mol. The smallest absolute Gasteiger partial charge is 0.347 e. The Morgan fingerprint density at radius 2 is 2.12 bits per heavy atom. The second-order valence-corrected chi connectivity index (χ2v) is 4.90. The molecule has 0 unspecified atom stereocenters. The molecule has 0 saturated heterocycles. The van der Waals surface area contributed by atoms with Gasteiger partial charge in [-0.25, -0.2) is 4.79 Å². The zero-order valence-corrected chi connectivity index (χ0v) is 9.88. The second kappa shape index (κ2) is 4.49. The fourth-order valence-corrected chi connectivity index (χ4v) is 2.77. The maximum atomic E-state index is 11.5. The predicted octanol–water partition coefficient (Wildman–Crippen LogP) is 0.770. The number of nitrogens with one attached hydrogen (secondary N) is 3. The minimum Gasteiger partial charge on any atom is -0.367 e. The van der Waals surface area contributed by atoms with Gasteiger partial charge < -0.3 is 15.6 Å². The van der Waals surface area contributed by atoms with Gasteiger partial charge in [-0.15, -0.1) is 0 Å². The maximum absolute atomic E-state index is 11.5. The first-order valence-corrected chi connectivity index (χ1v) is 6.42. The number of H-pyrrole nitrogens is 1. The summed E-state index contributed by atoms with van der Waals surface area (Å²) < 4.78 is 0. The Labute approximate surface area is 100 Å². The molecular formula is C12H18N4O. The first kappa shape index (κ1) is 10.8. The number of fused-ring (bicyclic) bond motifs is 1. The third kappa shape index (κ3) is 2.20. The van der Waals surface area contributed by atoms with Gasteiger partial charge in [0.25, 0.3) is 0 Å². The van der Waals surface area contributed by atoms with Gasteiger partial charge in [0.15, 0.2) is 0 Å². The molecule has 3 rings (SSSR count). The Bertz CT molecular complexity index is 462. The van der Waals surface area contributed by atoms with E-state index in [2.05, 4.69) is 20.6 Å². The van der Waals surface area contributed by atoms with Gasteiger partial charge in [-0.05, 0) is 25.8 Å². The molecule has 0 spiro atoms. The molecule has 1 fully saturated rings. The van der Waals surface area contributed by atoms with Crippen LogP contribution in [0.2, 0.25) is 0 Å². The number of anilines is 1. The van der Waals surface area contributed by atoms with E-state index in [4.69, 9.17) is 0 Å². The third-order valence-corrected chi connectivity index (χ3v) is 3.67. The average molecular weight is 234 g/mol. The summed E-state index contributed by atoms with van der Waals surface area (Å²) in [6, 6.07) is 0.503.